The van der Waals surface area contributed by atoms with Crippen molar-refractivity contribution in [1.29, 1.82) is 0 Å². The highest BCUT2D eigenvalue weighted by Crippen LogP contribution is 1.94. The zero-order chi connectivity index (χ0) is 13.3. The second-order valence-electron chi connectivity index (χ2n) is 3.60. The first kappa shape index (κ1) is 15.3. The number of urea groups is 1. The third kappa shape index (κ3) is 7.19. The van der Waals surface area contributed by atoms with Gasteiger partial charge in [-0.15, -0.1) is 12.3 Å². The first-order valence-corrected chi connectivity index (χ1v) is 5.23. The summed E-state index contributed by atoms with van der Waals surface area (Å²) in [7, 11) is 1.47. The van der Waals surface area contributed by atoms with E-state index in [1.807, 2.05) is 0 Å². The quantitative estimate of drug-likeness (QED) is 0.556. The monoisotopic (exact) mass is 242 g/mol. The highest BCUT2D eigenvalue weighted by molar-refractivity contribution is 5.82. The van der Waals surface area contributed by atoms with E-state index in [-0.39, 0.29) is 19.1 Å². The molecule has 0 fully saturated rings. The Bertz CT molecular complexity index is 298. The lowest BCUT2D eigenvalue weighted by Crippen LogP contribution is -2.48. The van der Waals surface area contributed by atoms with E-state index in [4.69, 9.17) is 16.3 Å². The second-order valence-corrected chi connectivity index (χ2v) is 3.60. The summed E-state index contributed by atoms with van der Waals surface area (Å²) < 4.78 is 4.76. The van der Waals surface area contributed by atoms with Gasteiger partial charge in [0.15, 0.2) is 0 Å². The number of nitrogens with one attached hydrogen (secondary N) is 2. The highest BCUT2D eigenvalue weighted by atomic mass is 16.5. The minimum atomic E-state index is -1.10. The number of hydrogen-bond acceptors (Lipinski definition) is 3. The first-order valence-electron chi connectivity index (χ1n) is 5.23. The molecule has 0 saturated carbocycles. The zero-order valence-corrected chi connectivity index (χ0v) is 10.0. The molecule has 0 spiro atoms. The molecule has 0 rings (SSSR count). The lowest BCUT2D eigenvalue weighted by molar-refractivity contribution is -0.139. The van der Waals surface area contributed by atoms with Gasteiger partial charge in [-0.1, -0.05) is 0 Å². The molecule has 0 heterocycles. The van der Waals surface area contributed by atoms with Gasteiger partial charge in [0.1, 0.15) is 6.04 Å². The smallest absolute Gasteiger partial charge is 0.326 e. The standard InChI is InChI=1S/C11H18N2O4/c1-4-5-8(2)12-11(16)13-9(10(14)15)6-7-17-3/h1,8-9H,5-7H2,2-3H3,(H,14,15)(H2,12,13,16). The van der Waals surface area contributed by atoms with Crippen LogP contribution in [0.2, 0.25) is 0 Å². The van der Waals surface area contributed by atoms with Crippen molar-refractivity contribution in [2.45, 2.75) is 31.8 Å². The van der Waals surface area contributed by atoms with Crippen LogP contribution in [0.1, 0.15) is 19.8 Å². The number of aliphatic carboxylic acids is 1. The number of carboxylic acids is 1. The third-order valence-electron chi connectivity index (χ3n) is 2.02. The summed E-state index contributed by atoms with van der Waals surface area (Å²) in [4.78, 5) is 22.2. The number of carbonyl (C=O) groups excluding carboxylic acids is 1. The van der Waals surface area contributed by atoms with Gasteiger partial charge in [0.05, 0.1) is 0 Å². The number of amides is 2. The van der Waals surface area contributed by atoms with E-state index >= 15 is 0 Å². The molecule has 0 aliphatic carbocycles. The molecular formula is C11H18N2O4. The molecule has 2 unspecified atom stereocenters. The van der Waals surface area contributed by atoms with Gasteiger partial charge in [0.2, 0.25) is 0 Å². The van der Waals surface area contributed by atoms with Crippen molar-refractivity contribution < 1.29 is 19.4 Å². The van der Waals surface area contributed by atoms with Gasteiger partial charge < -0.3 is 20.5 Å². The van der Waals surface area contributed by atoms with Crippen LogP contribution >= 0.6 is 0 Å². The Kier molecular flexibility index (Phi) is 7.55. The molecule has 17 heavy (non-hydrogen) atoms. The van der Waals surface area contributed by atoms with E-state index in [9.17, 15) is 9.59 Å². The Morgan fingerprint density at radius 3 is 2.59 bits per heavy atom. The minimum Gasteiger partial charge on any atom is -0.480 e. The molecule has 96 valence electrons. The molecule has 0 aliphatic heterocycles. The van der Waals surface area contributed by atoms with E-state index < -0.39 is 18.0 Å². The molecular weight excluding hydrogens is 224 g/mol. The molecule has 6 nitrogen and oxygen atoms in total. The van der Waals surface area contributed by atoms with Crippen LogP contribution in [0.25, 0.3) is 0 Å². The summed E-state index contributed by atoms with van der Waals surface area (Å²) >= 11 is 0. The molecule has 0 aliphatic rings. The van der Waals surface area contributed by atoms with Crippen molar-refractivity contribution in [1.82, 2.24) is 10.6 Å². The van der Waals surface area contributed by atoms with Gasteiger partial charge in [-0.3, -0.25) is 0 Å². The number of carboxylic acid groups (broad SMARTS) is 1. The molecule has 0 radical (unpaired) electrons. The van der Waals surface area contributed by atoms with Gasteiger partial charge in [-0.2, -0.15) is 0 Å². The number of rotatable bonds is 7. The molecule has 0 aromatic rings. The Hall–Kier alpha value is -1.74. The van der Waals surface area contributed by atoms with Crippen LogP contribution in [0.5, 0.6) is 0 Å². The second kappa shape index (κ2) is 8.42. The Labute approximate surface area is 101 Å². The lowest BCUT2D eigenvalue weighted by atomic mass is 10.2. The van der Waals surface area contributed by atoms with E-state index in [1.54, 1.807) is 6.92 Å². The molecule has 3 N–H and O–H groups in total. The summed E-state index contributed by atoms with van der Waals surface area (Å²) in [6, 6.07) is -1.71. The van der Waals surface area contributed by atoms with Crippen molar-refractivity contribution >= 4 is 12.0 Å². The predicted molar refractivity (Wildman–Crippen MR) is 62.5 cm³/mol. The van der Waals surface area contributed by atoms with Crippen LogP contribution in [0, 0.1) is 12.3 Å². The van der Waals surface area contributed by atoms with Crippen LogP contribution in [-0.4, -0.2) is 42.9 Å². The van der Waals surface area contributed by atoms with E-state index in [0.29, 0.717) is 6.42 Å². The van der Waals surface area contributed by atoms with E-state index in [0.717, 1.165) is 0 Å². The number of hydrogen-bond donors (Lipinski definition) is 3. The summed E-state index contributed by atoms with van der Waals surface area (Å²) in [5.74, 6) is 1.31. The molecule has 0 saturated heterocycles. The van der Waals surface area contributed by atoms with Crippen molar-refractivity contribution in [3.63, 3.8) is 0 Å². The normalized spacial score (nSPS) is 13.2. The number of ether oxygens (including phenoxy) is 1. The SMILES string of the molecule is C#CCC(C)NC(=O)NC(CCOC)C(=O)O. The van der Waals surface area contributed by atoms with Gasteiger partial charge in [0.25, 0.3) is 0 Å². The summed E-state index contributed by atoms with van der Waals surface area (Å²) in [6.45, 7) is 2.00. The van der Waals surface area contributed by atoms with E-state index in [2.05, 4.69) is 16.6 Å². The number of methoxy groups -OCH3 is 1. The maximum absolute atomic E-state index is 11.4. The Morgan fingerprint density at radius 2 is 2.12 bits per heavy atom. The number of terminal acetylenes is 1. The van der Waals surface area contributed by atoms with Gasteiger partial charge in [-0.25, -0.2) is 9.59 Å². The molecule has 0 bridgehead atoms. The maximum atomic E-state index is 11.4. The fraction of sp³-hybridized carbons (Fsp3) is 0.636. The highest BCUT2D eigenvalue weighted by Gasteiger charge is 2.19. The fourth-order valence-electron chi connectivity index (χ4n) is 1.14. The average Bonchev–Trinajstić information content (AvgIpc) is 2.23. The number of carbonyl (C=O) groups is 2. The zero-order valence-electron chi connectivity index (χ0n) is 10.0. The van der Waals surface area contributed by atoms with Crippen LogP contribution < -0.4 is 10.6 Å². The van der Waals surface area contributed by atoms with Crippen LogP contribution in [-0.2, 0) is 9.53 Å². The van der Waals surface area contributed by atoms with Crippen molar-refractivity contribution in [2.75, 3.05) is 13.7 Å². The molecule has 0 aromatic heterocycles. The predicted octanol–water partition coefficient (Wildman–Crippen LogP) is 0.187. The van der Waals surface area contributed by atoms with Crippen molar-refractivity contribution in [3.05, 3.63) is 0 Å². The molecule has 0 aromatic carbocycles. The molecule has 2 amide bonds. The summed E-state index contributed by atoms with van der Waals surface area (Å²) in [5, 5.41) is 13.7. The average molecular weight is 242 g/mol. The van der Waals surface area contributed by atoms with E-state index in [1.165, 1.54) is 7.11 Å². The Balaban J connectivity index is 4.12. The van der Waals surface area contributed by atoms with Gasteiger partial charge in [-0.05, 0) is 6.92 Å². The maximum Gasteiger partial charge on any atom is 0.326 e. The first-order chi connectivity index (χ1) is 8.01. The fourth-order valence-corrected chi connectivity index (χ4v) is 1.14. The lowest BCUT2D eigenvalue weighted by Gasteiger charge is -2.17. The summed E-state index contributed by atoms with van der Waals surface area (Å²) in [6.07, 6.45) is 5.69. The van der Waals surface area contributed by atoms with Gasteiger partial charge >= 0.3 is 12.0 Å². The molecule has 6 heteroatoms. The van der Waals surface area contributed by atoms with Crippen LogP contribution in [0.15, 0.2) is 0 Å². The van der Waals surface area contributed by atoms with Gasteiger partial charge in [0, 0.05) is 32.6 Å². The van der Waals surface area contributed by atoms with Crippen molar-refractivity contribution in [3.8, 4) is 12.3 Å². The van der Waals surface area contributed by atoms with Crippen LogP contribution in [0.3, 0.4) is 0 Å². The Morgan fingerprint density at radius 1 is 1.47 bits per heavy atom. The minimum absolute atomic E-state index is 0.197. The van der Waals surface area contributed by atoms with Crippen LogP contribution in [0.4, 0.5) is 4.79 Å². The summed E-state index contributed by atoms with van der Waals surface area (Å²) in [5.41, 5.74) is 0. The molecule has 2 atom stereocenters. The van der Waals surface area contributed by atoms with Crippen molar-refractivity contribution in [2.24, 2.45) is 0 Å². The topological polar surface area (TPSA) is 87.7 Å². The third-order valence-corrected chi connectivity index (χ3v) is 2.02. The largest absolute Gasteiger partial charge is 0.480 e.